The molecule has 0 amide bonds. The molecule has 0 unspecified atom stereocenters. The molecule has 0 saturated carbocycles. The predicted molar refractivity (Wildman–Crippen MR) is 61.6 cm³/mol. The van der Waals surface area contributed by atoms with E-state index >= 15 is 0 Å². The monoisotopic (exact) mass is 235 g/mol. The van der Waals surface area contributed by atoms with Gasteiger partial charge in [0.25, 0.3) is 5.56 Å². The first kappa shape index (κ1) is 10.8. The Morgan fingerprint density at radius 1 is 1.50 bits per heavy atom. The average Bonchev–Trinajstić information content (AvgIpc) is 2.25. The van der Waals surface area contributed by atoms with Crippen LogP contribution in [0.2, 0.25) is 5.15 Å². The first-order valence-electron chi connectivity index (χ1n) is 4.80. The zero-order valence-electron chi connectivity index (χ0n) is 8.72. The lowest BCUT2D eigenvalue weighted by Gasteiger charge is -2.08. The first-order valence-corrected chi connectivity index (χ1v) is 5.17. The number of rotatable bonds is 2. The van der Waals surface area contributed by atoms with Crippen molar-refractivity contribution in [2.24, 2.45) is 0 Å². The van der Waals surface area contributed by atoms with Gasteiger partial charge in [0.05, 0.1) is 6.54 Å². The Hall–Kier alpha value is -1.68. The second-order valence-corrected chi connectivity index (χ2v) is 3.80. The Bertz CT molecular complexity index is 551. The minimum atomic E-state index is -0.152. The van der Waals surface area contributed by atoms with Gasteiger partial charge < -0.3 is 0 Å². The fourth-order valence-electron chi connectivity index (χ4n) is 1.45. The molecule has 0 radical (unpaired) electrons. The highest BCUT2D eigenvalue weighted by Crippen LogP contribution is 2.04. The van der Waals surface area contributed by atoms with Crippen LogP contribution in [0, 0.1) is 6.92 Å². The van der Waals surface area contributed by atoms with Gasteiger partial charge in [0, 0.05) is 18.5 Å². The molecule has 0 atom stereocenters. The van der Waals surface area contributed by atoms with E-state index < -0.39 is 0 Å². The highest BCUT2D eigenvalue weighted by atomic mass is 35.5. The van der Waals surface area contributed by atoms with Crippen LogP contribution in [0.5, 0.6) is 0 Å². The summed E-state index contributed by atoms with van der Waals surface area (Å²) in [6, 6.07) is 5.05. The van der Waals surface area contributed by atoms with Gasteiger partial charge in [0.2, 0.25) is 0 Å². The topological polar surface area (TPSA) is 47.8 Å². The van der Waals surface area contributed by atoms with Crippen molar-refractivity contribution < 1.29 is 0 Å². The van der Waals surface area contributed by atoms with Crippen LogP contribution in [0.25, 0.3) is 0 Å². The highest BCUT2D eigenvalue weighted by Gasteiger charge is 2.04. The summed E-state index contributed by atoms with van der Waals surface area (Å²) in [5.74, 6) is 0.598. The summed E-state index contributed by atoms with van der Waals surface area (Å²) in [4.78, 5) is 19.7. The van der Waals surface area contributed by atoms with E-state index in [0.29, 0.717) is 12.4 Å². The van der Waals surface area contributed by atoms with E-state index in [1.165, 1.54) is 6.07 Å². The van der Waals surface area contributed by atoms with E-state index in [1.807, 2.05) is 12.1 Å². The molecule has 2 heterocycles. The zero-order chi connectivity index (χ0) is 11.5. The van der Waals surface area contributed by atoms with E-state index in [-0.39, 0.29) is 10.7 Å². The fraction of sp³-hybridized carbons (Fsp3) is 0.182. The Morgan fingerprint density at radius 3 is 2.94 bits per heavy atom. The quantitative estimate of drug-likeness (QED) is 0.744. The lowest BCUT2D eigenvalue weighted by Crippen LogP contribution is -2.23. The van der Waals surface area contributed by atoms with Gasteiger partial charge in [-0.25, -0.2) is 4.98 Å². The molecule has 0 aliphatic carbocycles. The molecular formula is C11H10ClN3O. The Kier molecular flexibility index (Phi) is 3.01. The minimum Gasteiger partial charge on any atom is -0.292 e. The number of aryl methyl sites for hydroxylation is 1. The van der Waals surface area contributed by atoms with Crippen LogP contribution in [0.3, 0.4) is 0 Å². The third-order valence-corrected chi connectivity index (χ3v) is 2.42. The summed E-state index contributed by atoms with van der Waals surface area (Å²) in [7, 11) is 0. The highest BCUT2D eigenvalue weighted by molar-refractivity contribution is 6.29. The molecule has 0 aliphatic rings. The number of pyridine rings is 1. The lowest BCUT2D eigenvalue weighted by molar-refractivity contribution is 0.698. The van der Waals surface area contributed by atoms with E-state index in [9.17, 15) is 4.79 Å². The SMILES string of the molecule is Cc1nc(Cl)cc(=O)n1Cc1cccnc1. The van der Waals surface area contributed by atoms with Crippen LogP contribution in [-0.4, -0.2) is 14.5 Å². The van der Waals surface area contributed by atoms with Crippen molar-refractivity contribution >= 4 is 11.6 Å². The summed E-state index contributed by atoms with van der Waals surface area (Å²) >= 11 is 5.69. The van der Waals surface area contributed by atoms with Crippen LogP contribution in [0.15, 0.2) is 35.4 Å². The summed E-state index contributed by atoms with van der Waals surface area (Å²) in [6.45, 7) is 2.21. The van der Waals surface area contributed by atoms with Gasteiger partial charge in [0.1, 0.15) is 11.0 Å². The lowest BCUT2D eigenvalue weighted by atomic mass is 10.3. The van der Waals surface area contributed by atoms with Gasteiger partial charge in [0.15, 0.2) is 0 Å². The van der Waals surface area contributed by atoms with Gasteiger partial charge in [-0.1, -0.05) is 17.7 Å². The molecule has 2 aromatic rings. The molecule has 0 saturated heterocycles. The van der Waals surface area contributed by atoms with Crippen molar-refractivity contribution in [2.75, 3.05) is 0 Å². The number of hydrogen-bond donors (Lipinski definition) is 0. The maximum absolute atomic E-state index is 11.7. The number of hydrogen-bond acceptors (Lipinski definition) is 3. The normalized spacial score (nSPS) is 10.4. The molecule has 5 heteroatoms. The Balaban J connectivity index is 2.39. The van der Waals surface area contributed by atoms with Gasteiger partial charge in [-0.15, -0.1) is 0 Å². The summed E-state index contributed by atoms with van der Waals surface area (Å²) in [5.41, 5.74) is 0.804. The van der Waals surface area contributed by atoms with Gasteiger partial charge in [-0.2, -0.15) is 0 Å². The van der Waals surface area contributed by atoms with Crippen molar-refractivity contribution in [2.45, 2.75) is 13.5 Å². The van der Waals surface area contributed by atoms with E-state index in [2.05, 4.69) is 9.97 Å². The number of halogens is 1. The van der Waals surface area contributed by atoms with Crippen LogP contribution < -0.4 is 5.56 Å². The van der Waals surface area contributed by atoms with Gasteiger partial charge >= 0.3 is 0 Å². The molecule has 0 N–H and O–H groups in total. The fourth-order valence-corrected chi connectivity index (χ4v) is 1.67. The van der Waals surface area contributed by atoms with E-state index in [1.54, 1.807) is 23.9 Å². The summed E-state index contributed by atoms with van der Waals surface area (Å²) in [5, 5.41) is 0.227. The van der Waals surface area contributed by atoms with Crippen molar-refractivity contribution in [3.05, 3.63) is 57.5 Å². The molecule has 82 valence electrons. The summed E-state index contributed by atoms with van der Waals surface area (Å²) < 4.78 is 1.56. The Labute approximate surface area is 97.6 Å². The van der Waals surface area contributed by atoms with Crippen molar-refractivity contribution in [1.82, 2.24) is 14.5 Å². The smallest absolute Gasteiger partial charge is 0.255 e. The van der Waals surface area contributed by atoms with E-state index in [4.69, 9.17) is 11.6 Å². The van der Waals surface area contributed by atoms with Crippen LogP contribution >= 0.6 is 11.6 Å². The number of aromatic nitrogens is 3. The molecule has 0 bridgehead atoms. The molecular weight excluding hydrogens is 226 g/mol. The maximum atomic E-state index is 11.7. The minimum absolute atomic E-state index is 0.152. The van der Waals surface area contributed by atoms with Crippen molar-refractivity contribution in [3.8, 4) is 0 Å². The molecule has 0 aliphatic heterocycles. The molecule has 4 nitrogen and oxygen atoms in total. The summed E-state index contributed by atoms with van der Waals surface area (Å²) in [6.07, 6.45) is 3.42. The van der Waals surface area contributed by atoms with Crippen LogP contribution in [-0.2, 0) is 6.54 Å². The third-order valence-electron chi connectivity index (χ3n) is 2.23. The van der Waals surface area contributed by atoms with Gasteiger partial charge in [-0.3, -0.25) is 14.3 Å². The predicted octanol–water partition coefficient (Wildman–Crippen LogP) is 1.65. The molecule has 16 heavy (non-hydrogen) atoms. The average molecular weight is 236 g/mol. The largest absolute Gasteiger partial charge is 0.292 e. The molecule has 0 fully saturated rings. The second kappa shape index (κ2) is 4.45. The van der Waals surface area contributed by atoms with Crippen molar-refractivity contribution in [1.29, 1.82) is 0 Å². The van der Waals surface area contributed by atoms with E-state index in [0.717, 1.165) is 5.56 Å². The zero-order valence-corrected chi connectivity index (χ0v) is 9.48. The van der Waals surface area contributed by atoms with Gasteiger partial charge in [-0.05, 0) is 18.6 Å². The molecule has 0 spiro atoms. The van der Waals surface area contributed by atoms with Crippen LogP contribution in [0.1, 0.15) is 11.4 Å². The Morgan fingerprint density at radius 2 is 2.31 bits per heavy atom. The molecule has 0 aromatic carbocycles. The number of nitrogens with zero attached hydrogens (tertiary/aromatic N) is 3. The standard InChI is InChI=1S/C11H10ClN3O/c1-8-14-10(12)5-11(16)15(8)7-9-3-2-4-13-6-9/h2-6H,7H2,1H3. The first-order chi connectivity index (χ1) is 7.66. The molecule has 2 rings (SSSR count). The molecule has 2 aromatic heterocycles. The van der Waals surface area contributed by atoms with Crippen LogP contribution in [0.4, 0.5) is 0 Å². The second-order valence-electron chi connectivity index (χ2n) is 3.41. The third kappa shape index (κ3) is 2.28. The maximum Gasteiger partial charge on any atom is 0.255 e. The van der Waals surface area contributed by atoms with Crippen molar-refractivity contribution in [3.63, 3.8) is 0 Å².